The van der Waals surface area contributed by atoms with Crippen LogP contribution in [0.3, 0.4) is 0 Å². The van der Waals surface area contributed by atoms with Gasteiger partial charge in [-0.15, -0.1) is 0 Å². The molecule has 1 N–H and O–H groups in total. The van der Waals surface area contributed by atoms with Gasteiger partial charge in [-0.1, -0.05) is 22.0 Å². The minimum atomic E-state index is -4.60. The molecule has 156 valence electrons. The molecule has 1 aliphatic heterocycles. The van der Waals surface area contributed by atoms with Crippen molar-refractivity contribution in [2.45, 2.75) is 13.1 Å². The van der Waals surface area contributed by atoms with E-state index in [0.717, 1.165) is 23.1 Å². The molecular formula is C20H14BrF3N2O3S. The third-order valence-electron chi connectivity index (χ3n) is 4.10. The lowest BCUT2D eigenvalue weighted by atomic mass is 10.1. The van der Waals surface area contributed by atoms with Gasteiger partial charge in [-0.2, -0.15) is 13.2 Å². The van der Waals surface area contributed by atoms with Crippen molar-refractivity contribution in [1.82, 2.24) is 5.32 Å². The summed E-state index contributed by atoms with van der Waals surface area (Å²) in [7, 11) is 0. The maximum absolute atomic E-state index is 13.1. The fourth-order valence-electron chi connectivity index (χ4n) is 2.79. The number of hydrogen-bond acceptors (Lipinski definition) is 4. The highest BCUT2D eigenvalue weighted by atomic mass is 79.9. The van der Waals surface area contributed by atoms with Crippen LogP contribution in [-0.2, 0) is 15.8 Å². The summed E-state index contributed by atoms with van der Waals surface area (Å²) in [6.07, 6.45) is -3.28. The zero-order valence-electron chi connectivity index (χ0n) is 15.4. The van der Waals surface area contributed by atoms with E-state index in [1.807, 2.05) is 0 Å². The summed E-state index contributed by atoms with van der Waals surface area (Å²) in [5.41, 5.74) is -0.893. The lowest BCUT2D eigenvalue weighted by Gasteiger charge is -2.29. The van der Waals surface area contributed by atoms with Crippen molar-refractivity contribution in [3.05, 3.63) is 63.6 Å². The number of thiocarbonyl (C=S) groups is 1. The maximum atomic E-state index is 13.1. The van der Waals surface area contributed by atoms with Gasteiger partial charge in [0.1, 0.15) is 11.3 Å². The van der Waals surface area contributed by atoms with Gasteiger partial charge in [0.25, 0.3) is 11.8 Å². The van der Waals surface area contributed by atoms with Crippen molar-refractivity contribution >= 4 is 56.8 Å². The van der Waals surface area contributed by atoms with Crippen LogP contribution in [0.15, 0.2) is 52.5 Å². The topological polar surface area (TPSA) is 58.6 Å². The number of alkyl halides is 3. The minimum Gasteiger partial charge on any atom is -0.493 e. The third-order valence-corrected chi connectivity index (χ3v) is 4.88. The van der Waals surface area contributed by atoms with Gasteiger partial charge in [0, 0.05) is 10.0 Å². The number of nitrogens with zero attached hydrogens (tertiary/aromatic N) is 1. The molecule has 2 aromatic carbocycles. The Morgan fingerprint density at radius 1 is 1.20 bits per heavy atom. The Bertz CT molecular complexity index is 1070. The summed E-state index contributed by atoms with van der Waals surface area (Å²) < 4.78 is 45.4. The Kier molecular flexibility index (Phi) is 6.27. The Morgan fingerprint density at radius 3 is 2.60 bits per heavy atom. The molecule has 1 fully saturated rings. The van der Waals surface area contributed by atoms with Crippen molar-refractivity contribution in [2.24, 2.45) is 0 Å². The monoisotopic (exact) mass is 498 g/mol. The number of nitrogens with one attached hydrogen (secondary N) is 1. The maximum Gasteiger partial charge on any atom is 0.416 e. The molecule has 2 amide bonds. The number of carbonyl (C=O) groups is 2. The molecule has 0 spiro atoms. The molecule has 2 aromatic rings. The molecule has 1 heterocycles. The van der Waals surface area contributed by atoms with E-state index < -0.39 is 23.6 Å². The van der Waals surface area contributed by atoms with E-state index in [0.29, 0.717) is 22.4 Å². The predicted molar refractivity (Wildman–Crippen MR) is 113 cm³/mol. The number of ether oxygens (including phenoxy) is 1. The molecule has 3 rings (SSSR count). The Hall–Kier alpha value is -2.72. The predicted octanol–water partition coefficient (Wildman–Crippen LogP) is 4.70. The van der Waals surface area contributed by atoms with Crippen molar-refractivity contribution in [1.29, 1.82) is 0 Å². The number of amides is 2. The first kappa shape index (κ1) is 22.0. The highest BCUT2D eigenvalue weighted by Gasteiger charge is 2.36. The SMILES string of the molecule is CCOc1ccc(Br)cc1/C=C1\C(=O)NC(=S)N(c2cccc(C(F)(F)F)c2)C1=O. The van der Waals surface area contributed by atoms with Gasteiger partial charge in [0.2, 0.25) is 0 Å². The molecule has 30 heavy (non-hydrogen) atoms. The van der Waals surface area contributed by atoms with Crippen molar-refractivity contribution < 1.29 is 27.5 Å². The fraction of sp³-hybridized carbons (Fsp3) is 0.150. The summed E-state index contributed by atoms with van der Waals surface area (Å²) >= 11 is 8.36. The average Bonchev–Trinajstić information content (AvgIpc) is 2.66. The van der Waals surface area contributed by atoms with Crippen LogP contribution in [0, 0.1) is 0 Å². The van der Waals surface area contributed by atoms with Crippen LogP contribution in [0.2, 0.25) is 0 Å². The molecule has 0 unspecified atom stereocenters. The van der Waals surface area contributed by atoms with E-state index in [1.165, 1.54) is 12.1 Å². The van der Waals surface area contributed by atoms with Crippen LogP contribution >= 0.6 is 28.1 Å². The molecule has 10 heteroatoms. The molecule has 0 radical (unpaired) electrons. The van der Waals surface area contributed by atoms with E-state index in [-0.39, 0.29) is 16.4 Å². The molecule has 0 aliphatic carbocycles. The van der Waals surface area contributed by atoms with Gasteiger partial charge < -0.3 is 4.74 Å². The molecule has 1 saturated heterocycles. The highest BCUT2D eigenvalue weighted by Crippen LogP contribution is 2.33. The second-order valence-corrected chi connectivity index (χ2v) is 7.42. The smallest absolute Gasteiger partial charge is 0.416 e. The van der Waals surface area contributed by atoms with Gasteiger partial charge in [-0.25, -0.2) is 0 Å². The number of halogens is 4. The Labute approximate surface area is 183 Å². The first-order valence-electron chi connectivity index (χ1n) is 8.63. The van der Waals surface area contributed by atoms with Gasteiger partial charge in [0.15, 0.2) is 5.11 Å². The Balaban J connectivity index is 2.06. The number of carbonyl (C=O) groups excluding carboxylic acids is 2. The van der Waals surface area contributed by atoms with Crippen molar-refractivity contribution in [3.8, 4) is 5.75 Å². The molecule has 5 nitrogen and oxygen atoms in total. The van der Waals surface area contributed by atoms with E-state index in [2.05, 4.69) is 21.2 Å². The zero-order valence-corrected chi connectivity index (χ0v) is 17.8. The van der Waals surface area contributed by atoms with Gasteiger partial charge >= 0.3 is 6.18 Å². The summed E-state index contributed by atoms with van der Waals surface area (Å²) in [6.45, 7) is 2.14. The normalized spacial score (nSPS) is 16.1. The third kappa shape index (κ3) is 4.54. The lowest BCUT2D eigenvalue weighted by Crippen LogP contribution is -2.54. The average molecular weight is 499 g/mol. The zero-order chi connectivity index (χ0) is 22.1. The van der Waals surface area contributed by atoms with E-state index in [9.17, 15) is 22.8 Å². The van der Waals surface area contributed by atoms with Gasteiger partial charge in [-0.3, -0.25) is 19.8 Å². The van der Waals surface area contributed by atoms with Crippen LogP contribution < -0.4 is 15.0 Å². The largest absolute Gasteiger partial charge is 0.493 e. The van der Waals surface area contributed by atoms with Gasteiger partial charge in [0.05, 0.1) is 17.9 Å². The molecule has 0 atom stereocenters. The molecule has 0 bridgehead atoms. The van der Waals surface area contributed by atoms with Crippen LogP contribution in [0.25, 0.3) is 6.08 Å². The van der Waals surface area contributed by atoms with Crippen LogP contribution in [-0.4, -0.2) is 23.5 Å². The Morgan fingerprint density at radius 2 is 1.93 bits per heavy atom. The highest BCUT2D eigenvalue weighted by molar-refractivity contribution is 9.10. The van der Waals surface area contributed by atoms with Crippen molar-refractivity contribution in [3.63, 3.8) is 0 Å². The van der Waals surface area contributed by atoms with Crippen LogP contribution in [0.4, 0.5) is 18.9 Å². The first-order valence-corrected chi connectivity index (χ1v) is 9.83. The second-order valence-electron chi connectivity index (χ2n) is 6.12. The summed E-state index contributed by atoms with van der Waals surface area (Å²) in [5, 5.41) is 2.04. The first-order chi connectivity index (χ1) is 14.1. The number of benzene rings is 2. The lowest BCUT2D eigenvalue weighted by molar-refractivity contribution is -0.137. The van der Waals surface area contributed by atoms with Crippen LogP contribution in [0.1, 0.15) is 18.1 Å². The van der Waals surface area contributed by atoms with Crippen molar-refractivity contribution in [2.75, 3.05) is 11.5 Å². The molecule has 0 saturated carbocycles. The second kappa shape index (κ2) is 8.57. The molecule has 0 aromatic heterocycles. The van der Waals surface area contributed by atoms with E-state index in [4.69, 9.17) is 17.0 Å². The minimum absolute atomic E-state index is 0.106. The van der Waals surface area contributed by atoms with E-state index in [1.54, 1.807) is 25.1 Å². The quantitative estimate of drug-likeness (QED) is 0.377. The summed E-state index contributed by atoms with van der Waals surface area (Å²) in [5.74, 6) is -1.16. The standard InChI is InChI=1S/C20H14BrF3N2O3S/c1-2-29-16-7-6-13(21)8-11(16)9-15-17(27)25-19(30)26(18(15)28)14-5-3-4-12(10-14)20(22,23)24/h3-10H,2H2,1H3,(H,25,27,30)/b15-9+. The summed E-state index contributed by atoms with van der Waals surface area (Å²) in [6, 6.07) is 9.20. The van der Waals surface area contributed by atoms with Crippen LogP contribution in [0.5, 0.6) is 5.75 Å². The molecule has 1 aliphatic rings. The number of anilines is 1. The summed E-state index contributed by atoms with van der Waals surface area (Å²) in [4.78, 5) is 26.3. The van der Waals surface area contributed by atoms with E-state index >= 15 is 0 Å². The number of rotatable bonds is 4. The number of hydrogen-bond donors (Lipinski definition) is 1. The molecular weight excluding hydrogens is 485 g/mol. The fourth-order valence-corrected chi connectivity index (χ4v) is 3.45. The van der Waals surface area contributed by atoms with Gasteiger partial charge in [-0.05, 0) is 61.6 Å².